The van der Waals surface area contributed by atoms with E-state index in [0.717, 1.165) is 5.69 Å². The summed E-state index contributed by atoms with van der Waals surface area (Å²) < 4.78 is 1.60. The Kier molecular flexibility index (Phi) is 1.66. The van der Waals surface area contributed by atoms with Gasteiger partial charge in [0.05, 0.1) is 11.9 Å². The van der Waals surface area contributed by atoms with Crippen LogP contribution in [0.4, 0.5) is 5.82 Å². The average molecular weight is 175 g/mol. The van der Waals surface area contributed by atoms with Crippen LogP contribution in [0.15, 0.2) is 36.5 Å². The highest BCUT2D eigenvalue weighted by Gasteiger charge is 1.99. The highest BCUT2D eigenvalue weighted by atomic mass is 16.3. The summed E-state index contributed by atoms with van der Waals surface area (Å²) >= 11 is 0. The third-order valence-corrected chi connectivity index (χ3v) is 1.77. The summed E-state index contributed by atoms with van der Waals surface area (Å²) in [6, 6.07) is 8.40. The van der Waals surface area contributed by atoms with Gasteiger partial charge in [-0.25, -0.2) is 4.68 Å². The summed E-state index contributed by atoms with van der Waals surface area (Å²) in [5.74, 6) is 0.806. The summed E-state index contributed by atoms with van der Waals surface area (Å²) in [7, 11) is 0. The van der Waals surface area contributed by atoms with Gasteiger partial charge in [0.2, 0.25) is 0 Å². The van der Waals surface area contributed by atoms with E-state index in [0.29, 0.717) is 5.82 Å². The molecule has 0 amide bonds. The number of aromatic nitrogens is 2. The van der Waals surface area contributed by atoms with E-state index in [-0.39, 0.29) is 5.75 Å². The van der Waals surface area contributed by atoms with Crippen molar-refractivity contribution in [3.05, 3.63) is 36.5 Å². The zero-order valence-electron chi connectivity index (χ0n) is 6.88. The first-order chi connectivity index (χ1) is 6.27. The van der Waals surface area contributed by atoms with Crippen molar-refractivity contribution in [1.82, 2.24) is 9.78 Å². The van der Waals surface area contributed by atoms with Crippen molar-refractivity contribution in [3.8, 4) is 11.4 Å². The van der Waals surface area contributed by atoms with Crippen LogP contribution in [-0.2, 0) is 0 Å². The van der Waals surface area contributed by atoms with E-state index >= 15 is 0 Å². The molecule has 0 saturated heterocycles. The third-order valence-electron chi connectivity index (χ3n) is 1.77. The molecule has 0 spiro atoms. The Labute approximate surface area is 75.2 Å². The molecule has 13 heavy (non-hydrogen) atoms. The zero-order valence-corrected chi connectivity index (χ0v) is 6.88. The van der Waals surface area contributed by atoms with Gasteiger partial charge in [-0.15, -0.1) is 0 Å². The first-order valence-corrected chi connectivity index (χ1v) is 3.86. The number of nitrogens with zero attached hydrogens (tertiary/aromatic N) is 2. The Morgan fingerprint density at radius 1 is 1.15 bits per heavy atom. The Hall–Kier alpha value is -1.97. The number of anilines is 1. The van der Waals surface area contributed by atoms with E-state index < -0.39 is 0 Å². The number of aromatic hydroxyl groups is 1. The van der Waals surface area contributed by atoms with E-state index in [1.165, 1.54) is 0 Å². The lowest BCUT2D eigenvalue weighted by molar-refractivity contribution is 0.475. The SMILES string of the molecule is Nc1ccnn1-c1ccc(O)cc1. The van der Waals surface area contributed by atoms with E-state index in [2.05, 4.69) is 5.10 Å². The molecule has 1 aromatic carbocycles. The molecular weight excluding hydrogens is 166 g/mol. The number of hydrogen-bond acceptors (Lipinski definition) is 3. The molecule has 4 heteroatoms. The number of phenolic OH excluding ortho intramolecular Hbond substituents is 1. The summed E-state index contributed by atoms with van der Waals surface area (Å²) in [5.41, 5.74) is 6.48. The number of hydrogen-bond donors (Lipinski definition) is 2. The molecule has 1 heterocycles. The third kappa shape index (κ3) is 1.33. The molecule has 4 nitrogen and oxygen atoms in total. The highest BCUT2D eigenvalue weighted by molar-refractivity contribution is 5.42. The molecular formula is C9H9N3O. The van der Waals surface area contributed by atoms with Crippen molar-refractivity contribution in [2.24, 2.45) is 0 Å². The lowest BCUT2D eigenvalue weighted by atomic mass is 10.3. The first-order valence-electron chi connectivity index (χ1n) is 3.86. The molecule has 66 valence electrons. The Morgan fingerprint density at radius 2 is 1.85 bits per heavy atom. The second kappa shape index (κ2) is 2.82. The molecule has 0 radical (unpaired) electrons. The lowest BCUT2D eigenvalue weighted by Crippen LogP contribution is -2.00. The maximum absolute atomic E-state index is 9.06. The monoisotopic (exact) mass is 175 g/mol. The van der Waals surface area contributed by atoms with Crippen LogP contribution in [0.1, 0.15) is 0 Å². The van der Waals surface area contributed by atoms with Crippen LogP contribution < -0.4 is 5.73 Å². The molecule has 0 bridgehead atoms. The van der Waals surface area contributed by atoms with Gasteiger partial charge in [-0.3, -0.25) is 0 Å². The van der Waals surface area contributed by atoms with E-state index in [9.17, 15) is 0 Å². The lowest BCUT2D eigenvalue weighted by Gasteiger charge is -2.02. The van der Waals surface area contributed by atoms with Crippen molar-refractivity contribution < 1.29 is 5.11 Å². The minimum atomic E-state index is 0.231. The van der Waals surface area contributed by atoms with Crippen molar-refractivity contribution in [2.75, 3.05) is 5.73 Å². The molecule has 2 rings (SSSR count). The number of nitrogens with two attached hydrogens (primary N) is 1. The minimum Gasteiger partial charge on any atom is -0.508 e. The molecule has 0 atom stereocenters. The predicted molar refractivity (Wildman–Crippen MR) is 49.6 cm³/mol. The first kappa shape index (κ1) is 7.67. The smallest absolute Gasteiger partial charge is 0.127 e. The topological polar surface area (TPSA) is 64.1 Å². The quantitative estimate of drug-likeness (QED) is 0.683. The predicted octanol–water partition coefficient (Wildman–Crippen LogP) is 1.16. The van der Waals surface area contributed by atoms with Gasteiger partial charge >= 0.3 is 0 Å². The van der Waals surface area contributed by atoms with Crippen molar-refractivity contribution in [3.63, 3.8) is 0 Å². The van der Waals surface area contributed by atoms with Crippen molar-refractivity contribution in [2.45, 2.75) is 0 Å². The van der Waals surface area contributed by atoms with Crippen molar-refractivity contribution >= 4 is 5.82 Å². The molecule has 2 aromatic rings. The fraction of sp³-hybridized carbons (Fsp3) is 0. The van der Waals surface area contributed by atoms with Crippen LogP contribution >= 0.6 is 0 Å². The molecule has 1 aromatic heterocycles. The summed E-state index contributed by atoms with van der Waals surface area (Å²) in [5, 5.41) is 13.1. The van der Waals surface area contributed by atoms with Gasteiger partial charge in [0.25, 0.3) is 0 Å². The van der Waals surface area contributed by atoms with Gasteiger partial charge in [0.15, 0.2) is 0 Å². The fourth-order valence-electron chi connectivity index (χ4n) is 1.12. The molecule has 0 fully saturated rings. The van der Waals surface area contributed by atoms with Crippen LogP contribution in [0, 0.1) is 0 Å². The number of nitrogen functional groups attached to an aromatic ring is 1. The molecule has 0 aliphatic carbocycles. The highest BCUT2D eigenvalue weighted by Crippen LogP contribution is 2.15. The Bertz CT molecular complexity index is 405. The maximum Gasteiger partial charge on any atom is 0.127 e. The standard InChI is InChI=1S/C9H9N3O/c10-9-5-6-11-12(9)7-1-3-8(13)4-2-7/h1-6,13H,10H2. The summed E-state index contributed by atoms with van der Waals surface area (Å²) in [4.78, 5) is 0. The van der Waals surface area contributed by atoms with Gasteiger partial charge in [0.1, 0.15) is 11.6 Å². The van der Waals surface area contributed by atoms with Crippen LogP contribution in [0.3, 0.4) is 0 Å². The molecule has 0 aliphatic rings. The van der Waals surface area contributed by atoms with E-state index in [1.54, 1.807) is 41.2 Å². The second-order valence-electron chi connectivity index (χ2n) is 2.68. The second-order valence-corrected chi connectivity index (χ2v) is 2.68. The maximum atomic E-state index is 9.06. The minimum absolute atomic E-state index is 0.231. The zero-order chi connectivity index (χ0) is 9.26. The van der Waals surface area contributed by atoms with E-state index in [4.69, 9.17) is 10.8 Å². The number of benzene rings is 1. The molecule has 0 aliphatic heterocycles. The van der Waals surface area contributed by atoms with Gasteiger partial charge in [0, 0.05) is 6.07 Å². The molecule has 3 N–H and O–H groups in total. The van der Waals surface area contributed by atoms with Gasteiger partial charge in [-0.05, 0) is 24.3 Å². The number of rotatable bonds is 1. The van der Waals surface area contributed by atoms with Gasteiger partial charge in [-0.2, -0.15) is 5.10 Å². The summed E-state index contributed by atoms with van der Waals surface area (Å²) in [6.45, 7) is 0. The largest absolute Gasteiger partial charge is 0.508 e. The van der Waals surface area contributed by atoms with Crippen LogP contribution in [0.2, 0.25) is 0 Å². The van der Waals surface area contributed by atoms with Crippen LogP contribution in [0.5, 0.6) is 5.75 Å². The number of phenols is 1. The normalized spacial score (nSPS) is 10.2. The Morgan fingerprint density at radius 3 is 2.38 bits per heavy atom. The summed E-state index contributed by atoms with van der Waals surface area (Å²) in [6.07, 6.45) is 1.63. The van der Waals surface area contributed by atoms with Crippen molar-refractivity contribution in [1.29, 1.82) is 0 Å². The van der Waals surface area contributed by atoms with Gasteiger partial charge < -0.3 is 10.8 Å². The molecule has 0 saturated carbocycles. The average Bonchev–Trinajstić information content (AvgIpc) is 2.53. The molecule has 0 unspecified atom stereocenters. The van der Waals surface area contributed by atoms with Crippen LogP contribution in [0.25, 0.3) is 5.69 Å². The fourth-order valence-corrected chi connectivity index (χ4v) is 1.12. The Balaban J connectivity index is 2.47. The van der Waals surface area contributed by atoms with Gasteiger partial charge in [-0.1, -0.05) is 0 Å². The van der Waals surface area contributed by atoms with E-state index in [1.807, 2.05) is 0 Å². The van der Waals surface area contributed by atoms with Crippen LogP contribution in [-0.4, -0.2) is 14.9 Å².